The van der Waals surface area contributed by atoms with Crippen molar-refractivity contribution in [3.63, 3.8) is 0 Å². The van der Waals surface area contributed by atoms with Gasteiger partial charge in [-0.25, -0.2) is 4.98 Å². The number of nitrogens with zero attached hydrogens (tertiary/aromatic N) is 4. The Hall–Kier alpha value is -2.93. The number of aromatic nitrogens is 3. The van der Waals surface area contributed by atoms with Gasteiger partial charge in [0.15, 0.2) is 0 Å². The first-order chi connectivity index (χ1) is 17.2. The van der Waals surface area contributed by atoms with Crippen molar-refractivity contribution in [1.29, 1.82) is 0 Å². The van der Waals surface area contributed by atoms with Gasteiger partial charge in [-0.15, -0.1) is 0 Å². The third-order valence-electron chi connectivity index (χ3n) is 7.14. The molecule has 1 saturated carbocycles. The van der Waals surface area contributed by atoms with E-state index < -0.39 is 0 Å². The lowest BCUT2D eigenvalue weighted by Gasteiger charge is -2.38. The van der Waals surface area contributed by atoms with Crippen LogP contribution in [0.2, 0.25) is 10.0 Å². The van der Waals surface area contributed by atoms with Gasteiger partial charge in [0.2, 0.25) is 11.4 Å². The summed E-state index contributed by atoms with van der Waals surface area (Å²) in [5.74, 6) is 0.461. The van der Waals surface area contributed by atoms with Crippen molar-refractivity contribution in [3.05, 3.63) is 80.2 Å². The van der Waals surface area contributed by atoms with Gasteiger partial charge in [0.25, 0.3) is 0 Å². The van der Waals surface area contributed by atoms with Crippen LogP contribution < -0.4 is 10.7 Å². The van der Waals surface area contributed by atoms with E-state index in [1.165, 1.54) is 11.1 Å². The van der Waals surface area contributed by atoms with Crippen LogP contribution in [-0.2, 0) is 12.0 Å². The Morgan fingerprint density at radius 1 is 1.11 bits per heavy atom. The first kappa shape index (κ1) is 23.5. The minimum absolute atomic E-state index is 0.100. The monoisotopic (exact) mass is 519 g/mol. The van der Waals surface area contributed by atoms with E-state index >= 15 is 0 Å². The molecule has 1 fully saturated rings. The molecule has 4 aromatic rings. The largest absolute Gasteiger partial charge is 0.328 e. The number of hydrogen-bond acceptors (Lipinski definition) is 5. The zero-order valence-electron chi connectivity index (χ0n) is 20.5. The lowest BCUT2D eigenvalue weighted by atomic mass is 9.78. The number of pyridine rings is 1. The van der Waals surface area contributed by atoms with Crippen molar-refractivity contribution < 1.29 is 0 Å². The lowest BCUT2D eigenvalue weighted by molar-refractivity contribution is 0.236. The van der Waals surface area contributed by atoms with Gasteiger partial charge in [-0.1, -0.05) is 49.2 Å². The Labute approximate surface area is 219 Å². The Kier molecular flexibility index (Phi) is 5.59. The van der Waals surface area contributed by atoms with Crippen LogP contribution >= 0.6 is 23.2 Å². The second-order valence-corrected chi connectivity index (χ2v) is 11.4. The molecule has 2 aliphatic rings. The van der Waals surface area contributed by atoms with Crippen LogP contribution in [0.15, 0.2) is 53.6 Å². The van der Waals surface area contributed by atoms with Crippen molar-refractivity contribution in [3.8, 4) is 11.1 Å². The summed E-state index contributed by atoms with van der Waals surface area (Å²) >= 11 is 12.9. The Morgan fingerprint density at radius 2 is 1.86 bits per heavy atom. The highest BCUT2D eigenvalue weighted by atomic mass is 35.5. The average molecular weight is 520 g/mol. The van der Waals surface area contributed by atoms with Crippen LogP contribution in [0.5, 0.6) is 0 Å². The maximum absolute atomic E-state index is 13.5. The SMILES string of the molecule is CN1Cc2cc(Nc3ncc4c(=O)c(-c5c(Cl)cccc5Cl)cn(C5CC5)c4n3)ccc2C(C)(C)C1. The molecule has 0 atom stereocenters. The molecule has 36 heavy (non-hydrogen) atoms. The maximum atomic E-state index is 13.5. The average Bonchev–Trinajstić information content (AvgIpc) is 3.65. The predicted molar refractivity (Wildman–Crippen MR) is 147 cm³/mol. The van der Waals surface area contributed by atoms with E-state index in [1.54, 1.807) is 24.4 Å². The van der Waals surface area contributed by atoms with Crippen molar-refractivity contribution >= 4 is 45.9 Å². The van der Waals surface area contributed by atoms with Gasteiger partial charge in [0.1, 0.15) is 5.65 Å². The maximum Gasteiger partial charge on any atom is 0.229 e. The summed E-state index contributed by atoms with van der Waals surface area (Å²) in [6.45, 7) is 6.49. The molecule has 6 rings (SSSR count). The molecule has 0 bridgehead atoms. The summed E-state index contributed by atoms with van der Waals surface area (Å²) in [6, 6.07) is 12.0. The van der Waals surface area contributed by atoms with Gasteiger partial charge < -0.3 is 14.8 Å². The standard InChI is InChI=1S/C28H27Cl2N5O/c1-28(2)15-34(3)13-16-11-17(7-10-21(16)28)32-27-31-12-19-25(36)20(24-22(29)5-4-6-23(24)30)14-35(18-8-9-18)26(19)33-27/h4-7,10-12,14,18H,8-9,13,15H2,1-3H3,(H,31,32,33). The van der Waals surface area contributed by atoms with E-state index in [2.05, 4.69) is 58.9 Å². The number of rotatable bonds is 4. The summed E-state index contributed by atoms with van der Waals surface area (Å²) in [4.78, 5) is 25.2. The summed E-state index contributed by atoms with van der Waals surface area (Å²) in [6.07, 6.45) is 5.53. The van der Waals surface area contributed by atoms with Gasteiger partial charge in [-0.05, 0) is 55.3 Å². The minimum Gasteiger partial charge on any atom is -0.328 e. The summed E-state index contributed by atoms with van der Waals surface area (Å²) < 4.78 is 2.07. The Balaban J connectivity index is 1.42. The molecular formula is C28H27Cl2N5O. The van der Waals surface area contributed by atoms with E-state index in [1.807, 2.05) is 6.20 Å². The van der Waals surface area contributed by atoms with E-state index in [0.29, 0.717) is 38.2 Å². The van der Waals surface area contributed by atoms with Crippen LogP contribution in [0.25, 0.3) is 22.2 Å². The molecule has 1 aliphatic heterocycles. The molecular weight excluding hydrogens is 493 g/mol. The van der Waals surface area contributed by atoms with Crippen molar-refractivity contribution in [2.45, 2.75) is 44.7 Å². The molecule has 0 saturated heterocycles. The molecule has 8 heteroatoms. The van der Waals surface area contributed by atoms with Crippen LogP contribution in [0.4, 0.5) is 11.6 Å². The first-order valence-corrected chi connectivity index (χ1v) is 12.9. The van der Waals surface area contributed by atoms with Crippen LogP contribution in [0, 0.1) is 0 Å². The van der Waals surface area contributed by atoms with E-state index in [0.717, 1.165) is 31.6 Å². The Bertz CT molecular complexity index is 1550. The highest BCUT2D eigenvalue weighted by Crippen LogP contribution is 2.40. The second kappa shape index (κ2) is 8.58. The smallest absolute Gasteiger partial charge is 0.229 e. The van der Waals surface area contributed by atoms with Gasteiger partial charge in [0, 0.05) is 53.8 Å². The lowest BCUT2D eigenvalue weighted by Crippen LogP contribution is -2.39. The summed E-state index contributed by atoms with van der Waals surface area (Å²) in [7, 11) is 2.15. The number of nitrogens with one attached hydrogen (secondary N) is 1. The van der Waals surface area contributed by atoms with Crippen LogP contribution in [0.3, 0.4) is 0 Å². The molecule has 6 nitrogen and oxygen atoms in total. The molecule has 184 valence electrons. The number of anilines is 2. The highest BCUT2D eigenvalue weighted by molar-refractivity contribution is 6.39. The fourth-order valence-electron chi connectivity index (χ4n) is 5.46. The normalized spacial score (nSPS) is 17.2. The molecule has 1 N–H and O–H groups in total. The fourth-order valence-corrected chi connectivity index (χ4v) is 6.06. The van der Waals surface area contributed by atoms with Gasteiger partial charge in [-0.2, -0.15) is 4.98 Å². The quantitative estimate of drug-likeness (QED) is 0.330. The fraction of sp³-hybridized carbons (Fsp3) is 0.321. The molecule has 2 aromatic carbocycles. The zero-order chi connectivity index (χ0) is 25.2. The first-order valence-electron chi connectivity index (χ1n) is 12.2. The molecule has 2 aromatic heterocycles. The predicted octanol–water partition coefficient (Wildman–Crippen LogP) is 6.57. The topological polar surface area (TPSA) is 63.1 Å². The van der Waals surface area contributed by atoms with E-state index in [4.69, 9.17) is 28.2 Å². The van der Waals surface area contributed by atoms with Gasteiger partial charge >= 0.3 is 0 Å². The number of benzene rings is 2. The number of likely N-dealkylation sites (N-methyl/N-ethyl adjacent to an activating group) is 1. The third kappa shape index (κ3) is 4.07. The molecule has 0 spiro atoms. The van der Waals surface area contributed by atoms with Crippen LogP contribution in [0.1, 0.15) is 43.9 Å². The van der Waals surface area contributed by atoms with Crippen molar-refractivity contribution in [2.24, 2.45) is 0 Å². The van der Waals surface area contributed by atoms with E-state index in [9.17, 15) is 4.79 Å². The molecule has 0 unspecified atom stereocenters. The number of halogens is 2. The van der Waals surface area contributed by atoms with Crippen LogP contribution in [-0.4, -0.2) is 33.0 Å². The van der Waals surface area contributed by atoms with Gasteiger partial charge in [0.05, 0.1) is 15.4 Å². The van der Waals surface area contributed by atoms with Crippen molar-refractivity contribution in [1.82, 2.24) is 19.4 Å². The Morgan fingerprint density at radius 3 is 2.58 bits per heavy atom. The molecule has 0 amide bonds. The second-order valence-electron chi connectivity index (χ2n) is 10.6. The number of fused-ring (bicyclic) bond motifs is 2. The summed E-state index contributed by atoms with van der Waals surface area (Å²) in [5.41, 5.74) is 5.16. The van der Waals surface area contributed by atoms with Gasteiger partial charge in [-0.3, -0.25) is 4.79 Å². The zero-order valence-corrected chi connectivity index (χ0v) is 22.0. The molecule has 1 aliphatic carbocycles. The third-order valence-corrected chi connectivity index (χ3v) is 7.77. The number of hydrogen-bond donors (Lipinski definition) is 1. The molecule has 3 heterocycles. The summed E-state index contributed by atoms with van der Waals surface area (Å²) in [5, 5.41) is 4.71. The van der Waals surface area contributed by atoms with E-state index in [-0.39, 0.29) is 16.9 Å². The minimum atomic E-state index is -0.178. The molecule has 0 radical (unpaired) electrons. The highest BCUT2D eigenvalue weighted by Gasteiger charge is 2.30. The van der Waals surface area contributed by atoms with Crippen molar-refractivity contribution in [2.75, 3.05) is 18.9 Å².